The van der Waals surface area contributed by atoms with Crippen LogP contribution in [0.4, 0.5) is 0 Å². The zero-order chi connectivity index (χ0) is 18.5. The Labute approximate surface area is 166 Å². The highest BCUT2D eigenvalue weighted by molar-refractivity contribution is 8.26. The fourth-order valence-electron chi connectivity index (χ4n) is 2.23. The van der Waals surface area contributed by atoms with Gasteiger partial charge in [-0.15, -0.1) is 0 Å². The SMILES string of the molecule is CN1C(=O)/C(=C/c2ccc(OCCOc3ccccc3Cl)cc2)SC1=S. The third-order valence-electron chi connectivity index (χ3n) is 3.61. The van der Waals surface area contributed by atoms with Crippen molar-refractivity contribution in [1.29, 1.82) is 0 Å². The lowest BCUT2D eigenvalue weighted by molar-refractivity contribution is -0.121. The summed E-state index contributed by atoms with van der Waals surface area (Å²) < 4.78 is 11.8. The number of halogens is 1. The molecule has 134 valence electrons. The summed E-state index contributed by atoms with van der Waals surface area (Å²) >= 11 is 12.5. The van der Waals surface area contributed by atoms with Gasteiger partial charge in [-0.25, -0.2) is 0 Å². The Kier molecular flexibility index (Phi) is 6.19. The number of amides is 1. The highest BCUT2D eigenvalue weighted by Gasteiger charge is 2.28. The van der Waals surface area contributed by atoms with Crippen molar-refractivity contribution in [3.63, 3.8) is 0 Å². The summed E-state index contributed by atoms with van der Waals surface area (Å²) in [5.74, 6) is 1.30. The topological polar surface area (TPSA) is 38.8 Å². The van der Waals surface area contributed by atoms with Crippen molar-refractivity contribution >= 4 is 51.9 Å². The second-order valence-electron chi connectivity index (χ2n) is 5.44. The van der Waals surface area contributed by atoms with Crippen molar-refractivity contribution in [1.82, 2.24) is 4.90 Å². The number of hydrogen-bond acceptors (Lipinski definition) is 5. The zero-order valence-electron chi connectivity index (χ0n) is 14.0. The molecule has 7 heteroatoms. The predicted octanol–water partition coefficient (Wildman–Crippen LogP) is 4.63. The van der Waals surface area contributed by atoms with Gasteiger partial charge < -0.3 is 9.47 Å². The summed E-state index contributed by atoms with van der Waals surface area (Å²) in [4.78, 5) is 14.1. The molecule has 2 aromatic rings. The Balaban J connectivity index is 1.51. The van der Waals surface area contributed by atoms with Crippen LogP contribution in [0.2, 0.25) is 5.02 Å². The summed E-state index contributed by atoms with van der Waals surface area (Å²) in [5, 5.41) is 0.578. The van der Waals surface area contributed by atoms with Gasteiger partial charge in [0.15, 0.2) is 0 Å². The minimum atomic E-state index is -0.0722. The van der Waals surface area contributed by atoms with E-state index in [4.69, 9.17) is 33.3 Å². The summed E-state index contributed by atoms with van der Waals surface area (Å²) in [5.41, 5.74) is 0.915. The van der Waals surface area contributed by atoms with E-state index in [0.717, 1.165) is 11.3 Å². The average molecular weight is 406 g/mol. The fourth-order valence-corrected chi connectivity index (χ4v) is 3.60. The molecule has 0 unspecified atom stereocenters. The highest BCUT2D eigenvalue weighted by atomic mass is 35.5. The number of hydrogen-bond donors (Lipinski definition) is 0. The van der Waals surface area contributed by atoms with Gasteiger partial charge in [-0.05, 0) is 35.9 Å². The molecule has 2 aromatic carbocycles. The van der Waals surface area contributed by atoms with Crippen LogP contribution >= 0.6 is 35.6 Å². The average Bonchev–Trinajstić information content (AvgIpc) is 2.88. The monoisotopic (exact) mass is 405 g/mol. The highest BCUT2D eigenvalue weighted by Crippen LogP contribution is 2.31. The Morgan fingerprint density at radius 2 is 1.81 bits per heavy atom. The Morgan fingerprint density at radius 3 is 2.46 bits per heavy atom. The molecule has 1 heterocycles. The lowest BCUT2D eigenvalue weighted by Gasteiger charge is -2.09. The fraction of sp³-hybridized carbons (Fsp3) is 0.158. The van der Waals surface area contributed by atoms with Crippen LogP contribution in [0.3, 0.4) is 0 Å². The van der Waals surface area contributed by atoms with Crippen LogP contribution in [0.5, 0.6) is 11.5 Å². The quantitative estimate of drug-likeness (QED) is 0.398. The molecule has 0 saturated carbocycles. The molecule has 0 spiro atoms. The predicted molar refractivity (Wildman–Crippen MR) is 110 cm³/mol. The number of rotatable bonds is 6. The first kappa shape index (κ1) is 18.8. The van der Waals surface area contributed by atoms with Crippen molar-refractivity contribution < 1.29 is 14.3 Å². The third kappa shape index (κ3) is 4.58. The number of carbonyl (C=O) groups excluding carboxylic acids is 1. The third-order valence-corrected chi connectivity index (χ3v) is 5.41. The minimum absolute atomic E-state index is 0.0722. The van der Waals surface area contributed by atoms with Gasteiger partial charge in [0.2, 0.25) is 0 Å². The maximum absolute atomic E-state index is 12.0. The van der Waals surface area contributed by atoms with Crippen LogP contribution in [0.25, 0.3) is 6.08 Å². The molecule has 0 bridgehead atoms. The van der Waals surface area contributed by atoms with E-state index < -0.39 is 0 Å². The van der Waals surface area contributed by atoms with Crippen molar-refractivity contribution in [3.05, 3.63) is 64.0 Å². The molecule has 1 aliphatic rings. The zero-order valence-corrected chi connectivity index (χ0v) is 16.4. The number of para-hydroxylation sites is 1. The van der Waals surface area contributed by atoms with E-state index in [-0.39, 0.29) is 5.91 Å². The molecule has 1 fully saturated rings. The number of nitrogens with zero attached hydrogens (tertiary/aromatic N) is 1. The number of thioether (sulfide) groups is 1. The lowest BCUT2D eigenvalue weighted by atomic mass is 10.2. The van der Waals surface area contributed by atoms with Gasteiger partial charge in [-0.3, -0.25) is 9.69 Å². The first-order chi connectivity index (χ1) is 12.5. The van der Waals surface area contributed by atoms with E-state index in [1.165, 1.54) is 16.7 Å². The molecule has 3 rings (SSSR count). The second kappa shape index (κ2) is 8.58. The van der Waals surface area contributed by atoms with Crippen molar-refractivity contribution in [3.8, 4) is 11.5 Å². The first-order valence-electron chi connectivity index (χ1n) is 7.86. The number of ether oxygens (including phenoxy) is 2. The summed E-state index contributed by atoms with van der Waals surface area (Å²) in [6.07, 6.45) is 1.83. The van der Waals surface area contributed by atoms with Gasteiger partial charge in [-0.1, -0.05) is 59.8 Å². The molecule has 0 N–H and O–H groups in total. The number of likely N-dealkylation sites (N-methyl/N-ethyl adjacent to an activating group) is 1. The van der Waals surface area contributed by atoms with Gasteiger partial charge in [0.05, 0.1) is 9.93 Å². The summed E-state index contributed by atoms with van der Waals surface area (Å²) in [7, 11) is 1.68. The molecule has 1 aliphatic heterocycles. The van der Waals surface area contributed by atoms with Gasteiger partial charge in [0.1, 0.15) is 29.0 Å². The van der Waals surface area contributed by atoms with Gasteiger partial charge >= 0.3 is 0 Å². The van der Waals surface area contributed by atoms with E-state index in [2.05, 4.69) is 0 Å². The Hall–Kier alpha value is -2.02. The van der Waals surface area contributed by atoms with E-state index >= 15 is 0 Å². The normalized spacial score (nSPS) is 15.6. The molecule has 4 nitrogen and oxygen atoms in total. The van der Waals surface area contributed by atoms with Crippen molar-refractivity contribution in [2.75, 3.05) is 20.3 Å². The summed E-state index contributed by atoms with van der Waals surface area (Å²) in [6, 6.07) is 14.8. The van der Waals surface area contributed by atoms with Crippen molar-refractivity contribution in [2.45, 2.75) is 0 Å². The van der Waals surface area contributed by atoms with Crippen LogP contribution in [-0.4, -0.2) is 35.4 Å². The molecule has 0 aromatic heterocycles. The van der Waals surface area contributed by atoms with Crippen LogP contribution in [0.1, 0.15) is 5.56 Å². The standard InChI is InChI=1S/C19H16ClNO3S2/c1-21-18(22)17(26-19(21)25)12-13-6-8-14(9-7-13)23-10-11-24-16-5-3-2-4-15(16)20/h2-9,12H,10-11H2,1H3/b17-12-. The van der Waals surface area contributed by atoms with Gasteiger partial charge in [0, 0.05) is 7.05 Å². The Bertz CT molecular complexity index is 852. The van der Waals surface area contributed by atoms with Crippen LogP contribution in [0.15, 0.2) is 53.4 Å². The number of thiocarbonyl (C=S) groups is 1. The molecule has 0 radical (unpaired) electrons. The first-order valence-corrected chi connectivity index (χ1v) is 9.46. The number of carbonyl (C=O) groups is 1. The van der Waals surface area contributed by atoms with Crippen LogP contribution in [-0.2, 0) is 4.79 Å². The van der Waals surface area contributed by atoms with Crippen LogP contribution in [0, 0.1) is 0 Å². The molecular weight excluding hydrogens is 390 g/mol. The number of benzene rings is 2. The van der Waals surface area contributed by atoms with E-state index in [9.17, 15) is 4.79 Å². The molecule has 0 atom stereocenters. The van der Waals surface area contributed by atoms with E-state index in [1.807, 2.05) is 48.5 Å². The van der Waals surface area contributed by atoms with Crippen molar-refractivity contribution in [2.24, 2.45) is 0 Å². The molecular formula is C19H16ClNO3S2. The molecule has 1 saturated heterocycles. The largest absolute Gasteiger partial charge is 0.490 e. The summed E-state index contributed by atoms with van der Waals surface area (Å²) in [6.45, 7) is 0.795. The van der Waals surface area contributed by atoms with E-state index in [0.29, 0.717) is 33.2 Å². The van der Waals surface area contributed by atoms with Gasteiger partial charge in [-0.2, -0.15) is 0 Å². The smallest absolute Gasteiger partial charge is 0.265 e. The molecule has 1 amide bonds. The molecule has 26 heavy (non-hydrogen) atoms. The molecule has 0 aliphatic carbocycles. The maximum atomic E-state index is 12.0. The van der Waals surface area contributed by atoms with E-state index in [1.54, 1.807) is 13.1 Å². The van der Waals surface area contributed by atoms with Gasteiger partial charge in [0.25, 0.3) is 5.91 Å². The lowest BCUT2D eigenvalue weighted by Crippen LogP contribution is -2.22. The van der Waals surface area contributed by atoms with Crippen LogP contribution < -0.4 is 9.47 Å². The Morgan fingerprint density at radius 1 is 1.12 bits per heavy atom. The maximum Gasteiger partial charge on any atom is 0.265 e. The minimum Gasteiger partial charge on any atom is -0.490 e. The second-order valence-corrected chi connectivity index (χ2v) is 7.52.